The van der Waals surface area contributed by atoms with Gasteiger partial charge in [0, 0.05) is 13.8 Å². The maximum atomic E-state index is 11.7. The van der Waals surface area contributed by atoms with Gasteiger partial charge in [0.15, 0.2) is 0 Å². The number of hydrogen-bond acceptors (Lipinski definition) is 5. The highest BCUT2D eigenvalue weighted by Gasteiger charge is 2.14. The molecule has 1 aromatic carbocycles. The van der Waals surface area contributed by atoms with Gasteiger partial charge < -0.3 is 14.8 Å². The molecule has 0 atom stereocenters. The molecule has 0 saturated heterocycles. The summed E-state index contributed by atoms with van der Waals surface area (Å²) in [6.45, 7) is 6.26. The van der Waals surface area contributed by atoms with Crippen LogP contribution in [0, 0.1) is 13.8 Å². The van der Waals surface area contributed by atoms with Gasteiger partial charge >= 0.3 is 11.9 Å². The first-order chi connectivity index (χ1) is 10.2. The summed E-state index contributed by atoms with van der Waals surface area (Å²) in [5.74, 6) is -0.990. The fraction of sp³-hybridized carbons (Fsp3) is 0.312. The molecular formula is C16H19NO5. The summed E-state index contributed by atoms with van der Waals surface area (Å²) in [6, 6.07) is 3.37. The maximum Gasteiger partial charge on any atom is 0.354 e. The van der Waals surface area contributed by atoms with Crippen molar-refractivity contribution < 1.29 is 23.9 Å². The lowest BCUT2D eigenvalue weighted by Gasteiger charge is -2.11. The minimum Gasteiger partial charge on any atom is -0.464 e. The van der Waals surface area contributed by atoms with E-state index < -0.39 is 11.9 Å². The van der Waals surface area contributed by atoms with E-state index in [1.54, 1.807) is 12.1 Å². The van der Waals surface area contributed by atoms with Crippen LogP contribution in [-0.4, -0.2) is 25.0 Å². The van der Waals surface area contributed by atoms with Crippen molar-refractivity contribution in [3.63, 3.8) is 0 Å². The summed E-state index contributed by atoms with van der Waals surface area (Å²) < 4.78 is 9.70. The molecule has 0 heterocycles. The van der Waals surface area contributed by atoms with Crippen molar-refractivity contribution in [2.24, 2.45) is 0 Å². The molecule has 0 bridgehead atoms. The topological polar surface area (TPSA) is 81.7 Å². The van der Waals surface area contributed by atoms with Crippen LogP contribution in [0.15, 0.2) is 17.8 Å². The van der Waals surface area contributed by atoms with Gasteiger partial charge in [0.05, 0.1) is 7.11 Å². The predicted molar refractivity (Wildman–Crippen MR) is 81.0 cm³/mol. The van der Waals surface area contributed by atoms with E-state index in [-0.39, 0.29) is 11.6 Å². The summed E-state index contributed by atoms with van der Waals surface area (Å²) in [7, 11) is 1.24. The number of methoxy groups -OCH3 is 1. The van der Waals surface area contributed by atoms with Crippen molar-refractivity contribution in [2.75, 3.05) is 7.11 Å². The normalized spacial score (nSPS) is 10.9. The first-order valence-corrected chi connectivity index (χ1v) is 6.62. The molecule has 6 heteroatoms. The molecule has 0 unspecified atom stereocenters. The van der Waals surface area contributed by atoms with Gasteiger partial charge in [0.2, 0.25) is 5.91 Å². The number of amides is 1. The third kappa shape index (κ3) is 4.73. The molecule has 0 saturated carbocycles. The third-order valence-corrected chi connectivity index (χ3v) is 2.83. The molecule has 1 aromatic rings. The van der Waals surface area contributed by atoms with E-state index in [2.05, 4.69) is 10.1 Å². The molecule has 0 radical (unpaired) electrons. The highest BCUT2D eigenvalue weighted by atomic mass is 16.5. The van der Waals surface area contributed by atoms with Crippen molar-refractivity contribution >= 4 is 23.9 Å². The zero-order valence-corrected chi connectivity index (χ0v) is 13.3. The van der Waals surface area contributed by atoms with Crippen LogP contribution in [0.5, 0.6) is 5.75 Å². The Labute approximate surface area is 129 Å². The number of hydrogen-bond donors (Lipinski definition) is 1. The zero-order chi connectivity index (χ0) is 16.9. The van der Waals surface area contributed by atoms with Crippen LogP contribution in [0.2, 0.25) is 0 Å². The molecule has 0 aliphatic rings. The lowest BCUT2D eigenvalue weighted by molar-refractivity contribution is -0.137. The monoisotopic (exact) mass is 305 g/mol. The van der Waals surface area contributed by atoms with Crippen LogP contribution >= 0.6 is 0 Å². The van der Waals surface area contributed by atoms with E-state index in [0.717, 1.165) is 16.7 Å². The number of carbonyl (C=O) groups is 3. The van der Waals surface area contributed by atoms with Crippen LogP contribution in [-0.2, 0) is 19.1 Å². The van der Waals surface area contributed by atoms with Crippen LogP contribution < -0.4 is 10.1 Å². The molecule has 22 heavy (non-hydrogen) atoms. The standard InChI is InChI=1S/C16H19NO5/c1-9-6-13(22-12(4)19)7-10(2)14(9)8-15(16(20)21-5)17-11(3)18/h6-8H,1-5H3,(H,17,18). The zero-order valence-electron chi connectivity index (χ0n) is 13.3. The largest absolute Gasteiger partial charge is 0.464 e. The van der Waals surface area contributed by atoms with Gasteiger partial charge in [-0.05, 0) is 48.7 Å². The number of esters is 2. The Hall–Kier alpha value is -2.63. The second kappa shape index (κ2) is 7.40. The van der Waals surface area contributed by atoms with Gasteiger partial charge in [-0.3, -0.25) is 9.59 Å². The number of rotatable bonds is 4. The fourth-order valence-electron chi connectivity index (χ4n) is 1.98. The average molecular weight is 305 g/mol. The molecule has 0 fully saturated rings. The van der Waals surface area contributed by atoms with Gasteiger partial charge in [-0.15, -0.1) is 0 Å². The van der Waals surface area contributed by atoms with E-state index in [1.165, 1.54) is 27.0 Å². The van der Waals surface area contributed by atoms with Crippen molar-refractivity contribution in [3.05, 3.63) is 34.5 Å². The van der Waals surface area contributed by atoms with Gasteiger partial charge in [-0.2, -0.15) is 0 Å². The Bertz CT molecular complexity index is 623. The van der Waals surface area contributed by atoms with Crippen molar-refractivity contribution in [2.45, 2.75) is 27.7 Å². The fourth-order valence-corrected chi connectivity index (χ4v) is 1.98. The minimum atomic E-state index is -0.641. The molecule has 0 aliphatic heterocycles. The number of ether oxygens (including phenoxy) is 2. The second-order valence-electron chi connectivity index (χ2n) is 4.80. The highest BCUT2D eigenvalue weighted by molar-refractivity contribution is 5.97. The highest BCUT2D eigenvalue weighted by Crippen LogP contribution is 2.24. The molecule has 0 spiro atoms. The molecule has 1 N–H and O–H groups in total. The van der Waals surface area contributed by atoms with E-state index in [9.17, 15) is 14.4 Å². The molecule has 118 valence electrons. The van der Waals surface area contributed by atoms with Crippen LogP contribution in [0.25, 0.3) is 6.08 Å². The van der Waals surface area contributed by atoms with Crippen LogP contribution in [0.1, 0.15) is 30.5 Å². The predicted octanol–water partition coefficient (Wildman–Crippen LogP) is 1.88. The van der Waals surface area contributed by atoms with Crippen molar-refractivity contribution in [1.82, 2.24) is 5.32 Å². The van der Waals surface area contributed by atoms with Crippen LogP contribution in [0.3, 0.4) is 0 Å². The Morgan fingerprint density at radius 2 is 1.64 bits per heavy atom. The number of aryl methyl sites for hydroxylation is 2. The Balaban J connectivity index is 3.28. The molecular weight excluding hydrogens is 286 g/mol. The van der Waals surface area contributed by atoms with E-state index >= 15 is 0 Å². The maximum absolute atomic E-state index is 11.7. The summed E-state index contributed by atoms with van der Waals surface area (Å²) in [4.78, 5) is 33.9. The molecule has 1 rings (SSSR count). The smallest absolute Gasteiger partial charge is 0.354 e. The number of carbonyl (C=O) groups excluding carboxylic acids is 3. The quantitative estimate of drug-likeness (QED) is 0.522. The van der Waals surface area contributed by atoms with Gasteiger partial charge in [-0.1, -0.05) is 0 Å². The SMILES string of the molecule is COC(=O)C(=Cc1c(C)cc(OC(C)=O)cc1C)NC(C)=O. The summed E-state index contributed by atoms with van der Waals surface area (Å²) in [5, 5.41) is 2.44. The number of nitrogens with one attached hydrogen (secondary N) is 1. The molecule has 1 amide bonds. The Morgan fingerprint density at radius 1 is 1.09 bits per heavy atom. The summed E-state index contributed by atoms with van der Waals surface area (Å²) in [5.41, 5.74) is 2.37. The minimum absolute atomic E-state index is 0.0430. The average Bonchev–Trinajstić information content (AvgIpc) is 2.39. The van der Waals surface area contributed by atoms with Gasteiger partial charge in [0.1, 0.15) is 11.4 Å². The summed E-state index contributed by atoms with van der Waals surface area (Å²) in [6.07, 6.45) is 1.54. The molecule has 0 aromatic heterocycles. The van der Waals surface area contributed by atoms with Crippen molar-refractivity contribution in [3.8, 4) is 5.75 Å². The van der Waals surface area contributed by atoms with Gasteiger partial charge in [0.25, 0.3) is 0 Å². The first kappa shape index (κ1) is 17.4. The number of benzene rings is 1. The van der Waals surface area contributed by atoms with Gasteiger partial charge in [-0.25, -0.2) is 4.79 Å². The molecule has 0 aliphatic carbocycles. The lowest BCUT2D eigenvalue weighted by Crippen LogP contribution is -2.25. The second-order valence-corrected chi connectivity index (χ2v) is 4.80. The lowest BCUT2D eigenvalue weighted by atomic mass is 10.0. The Morgan fingerprint density at radius 3 is 2.05 bits per heavy atom. The molecule has 6 nitrogen and oxygen atoms in total. The van der Waals surface area contributed by atoms with E-state index in [0.29, 0.717) is 5.75 Å². The van der Waals surface area contributed by atoms with E-state index in [1.807, 2.05) is 13.8 Å². The van der Waals surface area contributed by atoms with E-state index in [4.69, 9.17) is 4.74 Å². The third-order valence-electron chi connectivity index (χ3n) is 2.83. The van der Waals surface area contributed by atoms with Crippen molar-refractivity contribution in [1.29, 1.82) is 0 Å². The Kier molecular flexibility index (Phi) is 5.86. The summed E-state index contributed by atoms with van der Waals surface area (Å²) >= 11 is 0. The van der Waals surface area contributed by atoms with Crippen LogP contribution in [0.4, 0.5) is 0 Å². The first-order valence-electron chi connectivity index (χ1n) is 6.62.